The number of unbranched alkanes of at least 4 members (excludes halogenated alkanes) is 9. The molecule has 10 heteroatoms. The van der Waals surface area contributed by atoms with Gasteiger partial charge in [0.1, 0.15) is 6.61 Å². The predicted octanol–water partition coefficient (Wildman–Crippen LogP) is 6.29. The number of esters is 1. The topological polar surface area (TPSA) is 134 Å². The summed E-state index contributed by atoms with van der Waals surface area (Å²) in [5.41, 5.74) is 0.0219. The number of carbonyl (C=O) groups excluding carboxylic acids is 1. The van der Waals surface area contributed by atoms with E-state index in [4.69, 9.17) is 14.5 Å². The second-order valence-corrected chi connectivity index (χ2v) is 11.4. The van der Waals surface area contributed by atoms with Crippen molar-refractivity contribution in [3.8, 4) is 17.1 Å². The molecular formula is C32H39N3O7. The SMILES string of the molecule is CCCCCCCCCCCCOc1ccc2nc3c(cc2c1[N+](=O)[O-])Cn1c-3cc2c(c1=O)COC(=O)C2(O)CC. The van der Waals surface area contributed by atoms with Crippen molar-refractivity contribution in [1.82, 2.24) is 9.55 Å². The third-order valence-corrected chi connectivity index (χ3v) is 8.56. The first-order valence-electron chi connectivity index (χ1n) is 15.2. The monoisotopic (exact) mass is 577 g/mol. The number of nitro groups is 1. The molecule has 3 aromatic rings. The Balaban J connectivity index is 1.33. The molecule has 1 aromatic carbocycles. The minimum absolute atomic E-state index is 0.0494. The highest BCUT2D eigenvalue weighted by Crippen LogP contribution is 2.41. The van der Waals surface area contributed by atoms with Crippen LogP contribution in [0.25, 0.3) is 22.3 Å². The molecule has 0 bridgehead atoms. The van der Waals surface area contributed by atoms with Crippen LogP contribution in [0.15, 0.2) is 29.1 Å². The average molecular weight is 578 g/mol. The normalized spacial score (nSPS) is 17.1. The number of hydrogen-bond donors (Lipinski definition) is 1. The molecule has 5 rings (SSSR count). The number of cyclic esters (lactones) is 1. The number of nitrogens with zero attached hydrogens (tertiary/aromatic N) is 3. The largest absolute Gasteiger partial charge is 0.487 e. The molecule has 2 aromatic heterocycles. The van der Waals surface area contributed by atoms with Gasteiger partial charge in [-0.3, -0.25) is 14.9 Å². The second kappa shape index (κ2) is 12.6. The molecule has 224 valence electrons. The summed E-state index contributed by atoms with van der Waals surface area (Å²) in [5.74, 6) is -0.579. The van der Waals surface area contributed by atoms with Gasteiger partial charge >= 0.3 is 11.7 Å². The lowest BCUT2D eigenvalue weighted by Crippen LogP contribution is -2.44. The van der Waals surface area contributed by atoms with Crippen molar-refractivity contribution < 1.29 is 24.3 Å². The van der Waals surface area contributed by atoms with Gasteiger partial charge in [-0.2, -0.15) is 0 Å². The number of benzene rings is 1. The van der Waals surface area contributed by atoms with Crippen molar-refractivity contribution in [1.29, 1.82) is 0 Å². The zero-order chi connectivity index (χ0) is 29.9. The van der Waals surface area contributed by atoms with Gasteiger partial charge in [0.15, 0.2) is 11.4 Å². The molecule has 2 aliphatic heterocycles. The maximum atomic E-state index is 13.4. The third kappa shape index (κ3) is 5.52. The quantitative estimate of drug-likeness (QED) is 0.0800. The van der Waals surface area contributed by atoms with E-state index in [1.54, 1.807) is 31.2 Å². The van der Waals surface area contributed by atoms with E-state index in [-0.39, 0.29) is 47.7 Å². The van der Waals surface area contributed by atoms with Crippen LogP contribution >= 0.6 is 0 Å². The van der Waals surface area contributed by atoms with Crippen molar-refractivity contribution in [2.24, 2.45) is 0 Å². The molecule has 2 aliphatic rings. The first-order valence-corrected chi connectivity index (χ1v) is 15.2. The van der Waals surface area contributed by atoms with Crippen LogP contribution in [-0.2, 0) is 28.3 Å². The molecule has 0 fully saturated rings. The van der Waals surface area contributed by atoms with Gasteiger partial charge in [-0.05, 0) is 37.1 Å². The summed E-state index contributed by atoms with van der Waals surface area (Å²) in [6.45, 7) is 4.22. The summed E-state index contributed by atoms with van der Waals surface area (Å²) in [6.07, 6.45) is 12.0. The summed E-state index contributed by atoms with van der Waals surface area (Å²) in [6, 6.07) is 6.60. The maximum absolute atomic E-state index is 13.4. The lowest BCUT2D eigenvalue weighted by molar-refractivity contribution is -0.384. The van der Waals surface area contributed by atoms with Gasteiger partial charge in [0, 0.05) is 11.1 Å². The zero-order valence-corrected chi connectivity index (χ0v) is 24.4. The minimum atomic E-state index is -1.92. The number of rotatable bonds is 14. The molecule has 1 atom stereocenters. The van der Waals surface area contributed by atoms with Gasteiger partial charge in [0.05, 0.1) is 45.9 Å². The van der Waals surface area contributed by atoms with E-state index in [0.717, 1.165) is 19.3 Å². The summed E-state index contributed by atoms with van der Waals surface area (Å²) in [7, 11) is 0. The first kappa shape index (κ1) is 29.7. The lowest BCUT2D eigenvalue weighted by atomic mass is 9.86. The number of carbonyl (C=O) groups is 1. The highest BCUT2D eigenvalue weighted by atomic mass is 16.6. The number of fused-ring (bicyclic) bond motifs is 5. The van der Waals surface area contributed by atoms with Crippen LogP contribution in [0.2, 0.25) is 0 Å². The molecule has 4 heterocycles. The lowest BCUT2D eigenvalue weighted by Gasteiger charge is -2.31. The molecule has 0 saturated carbocycles. The van der Waals surface area contributed by atoms with Crippen LogP contribution in [0.4, 0.5) is 5.69 Å². The Bertz CT molecular complexity index is 1560. The highest BCUT2D eigenvalue weighted by molar-refractivity contribution is 5.94. The third-order valence-electron chi connectivity index (χ3n) is 8.56. The van der Waals surface area contributed by atoms with E-state index in [0.29, 0.717) is 34.5 Å². The fraction of sp³-hybridized carbons (Fsp3) is 0.531. The number of hydrogen-bond acceptors (Lipinski definition) is 8. The predicted molar refractivity (Wildman–Crippen MR) is 159 cm³/mol. The Hall–Kier alpha value is -3.79. The Labute approximate surface area is 244 Å². The van der Waals surface area contributed by atoms with Crippen molar-refractivity contribution in [3.63, 3.8) is 0 Å². The van der Waals surface area contributed by atoms with Crippen LogP contribution in [0, 0.1) is 10.1 Å². The molecule has 0 aliphatic carbocycles. The molecule has 0 spiro atoms. The Morgan fingerprint density at radius 1 is 1.05 bits per heavy atom. The van der Waals surface area contributed by atoms with Gasteiger partial charge < -0.3 is 19.1 Å². The molecule has 42 heavy (non-hydrogen) atoms. The van der Waals surface area contributed by atoms with Crippen molar-refractivity contribution in [2.75, 3.05) is 6.61 Å². The first-order chi connectivity index (χ1) is 20.3. The van der Waals surface area contributed by atoms with Crippen molar-refractivity contribution >= 4 is 22.6 Å². The summed E-state index contributed by atoms with van der Waals surface area (Å²) in [4.78, 5) is 42.2. The Morgan fingerprint density at radius 3 is 2.40 bits per heavy atom. The fourth-order valence-electron chi connectivity index (χ4n) is 6.09. The van der Waals surface area contributed by atoms with E-state index in [1.165, 1.54) is 49.5 Å². The molecular weight excluding hydrogens is 538 g/mol. The summed E-state index contributed by atoms with van der Waals surface area (Å²) in [5, 5.41) is 23.6. The number of aromatic nitrogens is 2. The fourth-order valence-corrected chi connectivity index (χ4v) is 6.09. The van der Waals surface area contributed by atoms with E-state index in [9.17, 15) is 24.8 Å². The van der Waals surface area contributed by atoms with Gasteiger partial charge in [-0.1, -0.05) is 71.6 Å². The van der Waals surface area contributed by atoms with Gasteiger partial charge in [0.2, 0.25) is 0 Å². The van der Waals surface area contributed by atoms with Crippen LogP contribution in [-0.4, -0.2) is 32.2 Å². The molecule has 0 saturated heterocycles. The van der Waals surface area contributed by atoms with Gasteiger partial charge in [-0.25, -0.2) is 9.78 Å². The van der Waals surface area contributed by atoms with Crippen LogP contribution in [0.3, 0.4) is 0 Å². The Morgan fingerprint density at radius 2 is 1.74 bits per heavy atom. The van der Waals surface area contributed by atoms with Crippen molar-refractivity contribution in [2.45, 2.75) is 103 Å². The van der Waals surface area contributed by atoms with Crippen LogP contribution in [0.5, 0.6) is 5.75 Å². The smallest absolute Gasteiger partial charge is 0.343 e. The van der Waals surface area contributed by atoms with Crippen molar-refractivity contribution in [3.05, 3.63) is 61.4 Å². The van der Waals surface area contributed by atoms with Gasteiger partial charge in [0.25, 0.3) is 5.56 Å². The zero-order valence-electron chi connectivity index (χ0n) is 24.4. The number of aliphatic hydroxyl groups is 1. The van der Waals surface area contributed by atoms with Crippen LogP contribution < -0.4 is 10.3 Å². The maximum Gasteiger partial charge on any atom is 0.343 e. The highest BCUT2D eigenvalue weighted by Gasteiger charge is 2.45. The van der Waals surface area contributed by atoms with E-state index >= 15 is 0 Å². The summed E-state index contributed by atoms with van der Waals surface area (Å²) >= 11 is 0. The van der Waals surface area contributed by atoms with E-state index in [1.807, 2.05) is 0 Å². The number of pyridine rings is 2. The molecule has 1 N–H and O–H groups in total. The standard InChI is InChI=1S/C32H39N3O7/c1-3-5-6-7-8-9-10-11-12-13-16-41-27-15-14-25-22(29(27)35(39)40)17-21-19-34-26(28(21)33-25)18-24-23(30(34)36)20-42-31(37)32(24,38)4-2/h14-15,17-18,38H,3-13,16,19-20H2,1-2H3. The van der Waals surface area contributed by atoms with Gasteiger partial charge in [-0.15, -0.1) is 0 Å². The summed E-state index contributed by atoms with van der Waals surface area (Å²) < 4.78 is 12.5. The molecule has 10 nitrogen and oxygen atoms in total. The molecule has 0 amide bonds. The van der Waals surface area contributed by atoms with E-state index < -0.39 is 16.5 Å². The molecule has 1 unspecified atom stereocenters. The van der Waals surface area contributed by atoms with E-state index in [2.05, 4.69) is 6.92 Å². The number of ether oxygens (including phenoxy) is 2. The van der Waals surface area contributed by atoms with Crippen LogP contribution in [0.1, 0.15) is 101 Å². The minimum Gasteiger partial charge on any atom is -0.487 e. The second-order valence-electron chi connectivity index (χ2n) is 11.4. The Kier molecular flexibility index (Phi) is 8.91. The molecule has 0 radical (unpaired) electrons. The number of nitro benzene ring substituents is 1. The average Bonchev–Trinajstić information content (AvgIpc) is 3.34.